The largest absolute Gasteiger partial charge is 1.00 e. The van der Waals surface area contributed by atoms with E-state index in [1.807, 2.05) is 6.92 Å². The monoisotopic (exact) mass is 336 g/mol. The molecular weight excluding hydrogens is 319 g/mol. The smallest absolute Gasteiger partial charge is 0.543 e. The fourth-order valence-corrected chi connectivity index (χ4v) is 3.78. The predicted octanol–water partition coefficient (Wildman–Crippen LogP) is -3.54. The second-order valence-corrected chi connectivity index (χ2v) is 6.07. The Balaban J connectivity index is 0.00000220. The summed E-state index contributed by atoms with van der Waals surface area (Å²) in [6, 6.07) is -0.0244. The van der Waals surface area contributed by atoms with Crippen molar-refractivity contribution in [3.05, 3.63) is 10.6 Å². The SMILES string of the molecule is CC[C@H]1C(=O)N2C(C(=O)[O-])=C(SCCNC(C)=O)C[C@@H]12.[K+]. The third kappa shape index (κ3) is 3.91. The molecule has 6 nitrogen and oxygen atoms in total. The third-order valence-corrected chi connectivity index (χ3v) is 4.75. The van der Waals surface area contributed by atoms with Crippen LogP contribution in [0.5, 0.6) is 0 Å². The number of carbonyl (C=O) groups is 3. The number of nitrogens with zero attached hydrogens (tertiary/aromatic N) is 1. The number of hydrogen-bond donors (Lipinski definition) is 1. The number of hydrogen-bond acceptors (Lipinski definition) is 5. The molecule has 1 N–H and O–H groups in total. The molecule has 0 bridgehead atoms. The first-order valence-corrected chi connectivity index (χ1v) is 7.60. The van der Waals surface area contributed by atoms with E-state index in [0.29, 0.717) is 23.6 Å². The summed E-state index contributed by atoms with van der Waals surface area (Å²) >= 11 is 1.37. The fraction of sp³-hybridized carbons (Fsp3) is 0.615. The number of β-lactam (4-membered cyclic amide) rings is 1. The zero-order valence-corrected chi connectivity index (χ0v) is 16.4. The predicted molar refractivity (Wildman–Crippen MR) is 72.2 cm³/mol. The van der Waals surface area contributed by atoms with Gasteiger partial charge in [-0.2, -0.15) is 0 Å². The zero-order chi connectivity index (χ0) is 14.9. The van der Waals surface area contributed by atoms with Crippen LogP contribution in [0.1, 0.15) is 26.7 Å². The second-order valence-electron chi connectivity index (χ2n) is 4.89. The Kier molecular flexibility index (Phi) is 7.42. The molecule has 2 aliphatic rings. The summed E-state index contributed by atoms with van der Waals surface area (Å²) in [6.45, 7) is 3.84. The molecule has 1 saturated heterocycles. The van der Waals surface area contributed by atoms with Crippen LogP contribution in [0.2, 0.25) is 0 Å². The van der Waals surface area contributed by atoms with E-state index in [4.69, 9.17) is 0 Å². The first kappa shape index (κ1) is 19.2. The van der Waals surface area contributed by atoms with Crippen molar-refractivity contribution in [1.82, 2.24) is 10.2 Å². The quantitative estimate of drug-likeness (QED) is 0.308. The molecule has 0 spiro atoms. The number of amides is 2. The van der Waals surface area contributed by atoms with Crippen LogP contribution in [0.3, 0.4) is 0 Å². The van der Waals surface area contributed by atoms with Gasteiger partial charge in [0.2, 0.25) is 11.8 Å². The van der Waals surface area contributed by atoms with Crippen molar-refractivity contribution < 1.29 is 70.9 Å². The zero-order valence-electron chi connectivity index (χ0n) is 12.5. The van der Waals surface area contributed by atoms with Gasteiger partial charge < -0.3 is 20.1 Å². The van der Waals surface area contributed by atoms with Crippen molar-refractivity contribution in [2.45, 2.75) is 32.7 Å². The van der Waals surface area contributed by atoms with Crippen LogP contribution < -0.4 is 61.8 Å². The van der Waals surface area contributed by atoms with E-state index in [1.54, 1.807) is 0 Å². The van der Waals surface area contributed by atoms with Gasteiger partial charge in [0.15, 0.2) is 0 Å². The van der Waals surface area contributed by atoms with Crippen LogP contribution >= 0.6 is 11.8 Å². The minimum atomic E-state index is -1.29. The molecule has 0 aromatic heterocycles. The van der Waals surface area contributed by atoms with Gasteiger partial charge in [0.05, 0.1) is 23.6 Å². The molecule has 0 aromatic rings. The van der Waals surface area contributed by atoms with Crippen LogP contribution in [0.15, 0.2) is 10.6 Å². The van der Waals surface area contributed by atoms with Crippen molar-refractivity contribution in [1.29, 1.82) is 0 Å². The number of nitrogens with one attached hydrogen (secondary N) is 1. The molecule has 0 aliphatic carbocycles. The molecule has 8 heteroatoms. The number of aliphatic carboxylic acids is 1. The Morgan fingerprint density at radius 2 is 2.14 bits per heavy atom. The van der Waals surface area contributed by atoms with Crippen molar-refractivity contribution in [2.75, 3.05) is 12.3 Å². The maximum atomic E-state index is 11.9. The Labute approximate surface area is 170 Å². The average molecular weight is 336 g/mol. The summed E-state index contributed by atoms with van der Waals surface area (Å²) in [6.07, 6.45) is 1.31. The van der Waals surface area contributed by atoms with E-state index in [-0.39, 0.29) is 80.9 Å². The molecular formula is C13H17KN2O4S. The molecule has 0 aromatic carbocycles. The van der Waals surface area contributed by atoms with Crippen LogP contribution in [0, 0.1) is 5.92 Å². The number of carboxylic acids is 1. The number of rotatable bonds is 6. The van der Waals surface area contributed by atoms with Gasteiger partial charge in [-0.15, -0.1) is 11.8 Å². The van der Waals surface area contributed by atoms with E-state index in [9.17, 15) is 19.5 Å². The molecule has 0 saturated carbocycles. The summed E-state index contributed by atoms with van der Waals surface area (Å²) in [5.41, 5.74) is 0.0255. The molecule has 0 unspecified atom stereocenters. The maximum Gasteiger partial charge on any atom is 1.00 e. The van der Waals surface area contributed by atoms with Crippen molar-refractivity contribution in [3.8, 4) is 0 Å². The topological polar surface area (TPSA) is 89.5 Å². The van der Waals surface area contributed by atoms with Crippen molar-refractivity contribution in [3.63, 3.8) is 0 Å². The van der Waals surface area contributed by atoms with Crippen molar-refractivity contribution in [2.24, 2.45) is 5.92 Å². The van der Waals surface area contributed by atoms with Crippen LogP contribution in [0.4, 0.5) is 0 Å². The third-order valence-electron chi connectivity index (χ3n) is 3.64. The molecule has 2 amide bonds. The Morgan fingerprint density at radius 1 is 1.48 bits per heavy atom. The molecule has 110 valence electrons. The van der Waals surface area contributed by atoms with E-state index in [0.717, 1.165) is 6.42 Å². The number of carboxylic acid groups (broad SMARTS) is 1. The standard InChI is InChI=1S/C13H18N2O4S.K/c1-3-8-9-6-10(20-5-4-14-7(2)16)11(13(18)19)15(9)12(8)17;/h8-9H,3-6H2,1-2H3,(H,14,16)(H,18,19);/q;+1/p-1/t8-,9+;/m1./s1. The van der Waals surface area contributed by atoms with Gasteiger partial charge in [0.25, 0.3) is 0 Å². The minimum Gasteiger partial charge on any atom is -0.543 e. The van der Waals surface area contributed by atoms with Gasteiger partial charge in [-0.05, 0) is 6.42 Å². The summed E-state index contributed by atoms with van der Waals surface area (Å²) in [4.78, 5) is 35.9. The number of thioether (sulfide) groups is 1. The summed E-state index contributed by atoms with van der Waals surface area (Å²) in [5, 5.41) is 13.9. The van der Waals surface area contributed by atoms with E-state index in [2.05, 4.69) is 5.32 Å². The van der Waals surface area contributed by atoms with Gasteiger partial charge in [-0.3, -0.25) is 9.59 Å². The molecule has 2 heterocycles. The molecule has 2 rings (SSSR count). The fourth-order valence-electron chi connectivity index (χ4n) is 2.72. The van der Waals surface area contributed by atoms with E-state index < -0.39 is 5.97 Å². The second kappa shape index (κ2) is 8.12. The first-order valence-electron chi connectivity index (χ1n) is 6.62. The molecule has 21 heavy (non-hydrogen) atoms. The summed E-state index contributed by atoms with van der Waals surface area (Å²) < 4.78 is 0. The minimum absolute atomic E-state index is 0. The number of carbonyl (C=O) groups excluding carboxylic acids is 3. The van der Waals surface area contributed by atoms with E-state index >= 15 is 0 Å². The first-order chi connectivity index (χ1) is 9.47. The van der Waals surface area contributed by atoms with Gasteiger partial charge in [-0.25, -0.2) is 0 Å². The van der Waals surface area contributed by atoms with E-state index in [1.165, 1.54) is 23.6 Å². The molecule has 2 aliphatic heterocycles. The van der Waals surface area contributed by atoms with Crippen LogP contribution in [0.25, 0.3) is 0 Å². The molecule has 2 atom stereocenters. The Hall–Kier alpha value is 0.136. The van der Waals surface area contributed by atoms with Gasteiger partial charge in [-0.1, -0.05) is 6.92 Å². The Bertz CT molecular complexity index is 495. The average Bonchev–Trinajstić information content (AvgIpc) is 2.70. The van der Waals surface area contributed by atoms with Crippen LogP contribution in [-0.2, 0) is 14.4 Å². The maximum absolute atomic E-state index is 11.9. The molecule has 1 fully saturated rings. The number of fused-ring (bicyclic) bond motifs is 1. The van der Waals surface area contributed by atoms with Gasteiger partial charge >= 0.3 is 51.4 Å². The van der Waals surface area contributed by atoms with Crippen LogP contribution in [-0.4, -0.2) is 41.0 Å². The summed E-state index contributed by atoms with van der Waals surface area (Å²) in [7, 11) is 0. The van der Waals surface area contributed by atoms with Gasteiger partial charge in [0, 0.05) is 30.5 Å². The van der Waals surface area contributed by atoms with Crippen molar-refractivity contribution >= 4 is 29.5 Å². The van der Waals surface area contributed by atoms with Gasteiger partial charge in [0.1, 0.15) is 0 Å². The summed E-state index contributed by atoms with van der Waals surface area (Å²) in [5.74, 6) is -1.02. The molecule has 0 radical (unpaired) electrons. The Morgan fingerprint density at radius 3 is 2.67 bits per heavy atom. The normalized spacial score (nSPS) is 23.3.